The number of nitrogens with one attached hydrogen (secondary N) is 1. The van der Waals surface area contributed by atoms with Crippen molar-refractivity contribution >= 4 is 32.6 Å². The molecule has 1 amide bonds. The molecule has 3 aromatic rings. The average molecular weight is 415 g/mol. The molecule has 0 aliphatic heterocycles. The van der Waals surface area contributed by atoms with Crippen LogP contribution in [0.25, 0.3) is 10.2 Å². The summed E-state index contributed by atoms with van der Waals surface area (Å²) in [7, 11) is 5.84. The van der Waals surface area contributed by atoms with Crippen LogP contribution in [0.2, 0.25) is 0 Å². The Morgan fingerprint density at radius 2 is 1.86 bits per heavy atom. The van der Waals surface area contributed by atoms with Crippen LogP contribution in [0.4, 0.5) is 5.13 Å². The Labute approximate surface area is 175 Å². The van der Waals surface area contributed by atoms with Gasteiger partial charge in [0.15, 0.2) is 5.13 Å². The van der Waals surface area contributed by atoms with Crippen molar-refractivity contribution in [1.29, 1.82) is 0 Å². The molecule has 0 unspecified atom stereocenters. The Balaban J connectivity index is 1.91. The molecule has 0 atom stereocenters. The molecule has 0 radical (unpaired) electrons. The number of amides is 1. The number of ether oxygens (including phenoxy) is 2. The number of nitrogens with zero attached hydrogens (tertiary/aromatic N) is 2. The van der Waals surface area contributed by atoms with Gasteiger partial charge in [0.05, 0.1) is 44.6 Å². The van der Waals surface area contributed by atoms with Gasteiger partial charge in [0.2, 0.25) is 0 Å². The van der Waals surface area contributed by atoms with Crippen LogP contribution < -0.4 is 19.3 Å². The number of benzene rings is 2. The standard InChI is InChI=1S/C22H27N3O3S/c1-5-28-18-11-12-19-20(15-18)29-22(23-19)25(14-6-13-24(2)3)21(26)16-7-9-17(27-4)10-8-16/h7-12,15H,5-6,13-14H2,1-4H3/p+1. The molecular formula is C22H28N3O3S+. The second-order valence-electron chi connectivity index (χ2n) is 7.05. The number of hydrogen-bond donors (Lipinski definition) is 1. The number of methoxy groups -OCH3 is 1. The highest BCUT2D eigenvalue weighted by atomic mass is 32.1. The highest BCUT2D eigenvalue weighted by Gasteiger charge is 2.21. The monoisotopic (exact) mass is 414 g/mol. The summed E-state index contributed by atoms with van der Waals surface area (Å²) < 4.78 is 11.8. The molecule has 1 N–H and O–H groups in total. The average Bonchev–Trinajstić information content (AvgIpc) is 3.14. The van der Waals surface area contributed by atoms with Crippen LogP contribution in [0.5, 0.6) is 11.5 Å². The number of aromatic nitrogens is 1. The van der Waals surface area contributed by atoms with Gasteiger partial charge in [0, 0.05) is 18.5 Å². The number of fused-ring (bicyclic) bond motifs is 1. The van der Waals surface area contributed by atoms with Crippen molar-refractivity contribution in [3.63, 3.8) is 0 Å². The van der Waals surface area contributed by atoms with Gasteiger partial charge in [-0.2, -0.15) is 0 Å². The van der Waals surface area contributed by atoms with E-state index in [0.29, 0.717) is 23.8 Å². The molecule has 6 nitrogen and oxygen atoms in total. The largest absolute Gasteiger partial charge is 0.497 e. The Morgan fingerprint density at radius 1 is 1.14 bits per heavy atom. The van der Waals surface area contributed by atoms with E-state index >= 15 is 0 Å². The maximum absolute atomic E-state index is 13.3. The third kappa shape index (κ3) is 5.25. The normalized spacial score (nSPS) is 11.1. The molecule has 1 aromatic heterocycles. The lowest BCUT2D eigenvalue weighted by Crippen LogP contribution is -3.05. The maximum atomic E-state index is 13.3. The van der Waals surface area contributed by atoms with Crippen LogP contribution in [-0.2, 0) is 0 Å². The number of rotatable bonds is 9. The van der Waals surface area contributed by atoms with E-state index in [-0.39, 0.29) is 5.91 Å². The molecule has 0 aliphatic carbocycles. The van der Waals surface area contributed by atoms with Gasteiger partial charge in [-0.25, -0.2) is 4.98 Å². The minimum Gasteiger partial charge on any atom is -0.497 e. The van der Waals surface area contributed by atoms with Crippen molar-refractivity contribution in [1.82, 2.24) is 4.98 Å². The number of quaternary nitrogens is 1. The van der Waals surface area contributed by atoms with Gasteiger partial charge in [-0.3, -0.25) is 9.69 Å². The number of anilines is 1. The molecule has 0 saturated carbocycles. The van der Waals surface area contributed by atoms with Gasteiger partial charge in [0.25, 0.3) is 5.91 Å². The summed E-state index contributed by atoms with van der Waals surface area (Å²) in [4.78, 5) is 21.2. The van der Waals surface area contributed by atoms with Crippen LogP contribution in [-0.4, -0.2) is 51.8 Å². The first kappa shape index (κ1) is 21.1. The SMILES string of the molecule is CCOc1ccc2nc(N(CCC[NH+](C)C)C(=O)c3ccc(OC)cc3)sc2c1. The van der Waals surface area contributed by atoms with Gasteiger partial charge in [-0.05, 0) is 49.4 Å². The Bertz CT molecular complexity index is 954. The fraction of sp³-hybridized carbons (Fsp3) is 0.364. The topological polar surface area (TPSA) is 56.1 Å². The van der Waals surface area contributed by atoms with E-state index in [1.165, 1.54) is 16.2 Å². The first-order valence-electron chi connectivity index (χ1n) is 9.80. The van der Waals surface area contributed by atoms with Crippen molar-refractivity contribution in [3.05, 3.63) is 48.0 Å². The smallest absolute Gasteiger partial charge is 0.260 e. The first-order chi connectivity index (χ1) is 14.0. The van der Waals surface area contributed by atoms with Gasteiger partial charge < -0.3 is 14.4 Å². The molecule has 7 heteroatoms. The predicted octanol–water partition coefficient (Wildman–Crippen LogP) is 2.89. The molecule has 3 rings (SSSR count). The second-order valence-corrected chi connectivity index (χ2v) is 8.06. The minimum absolute atomic E-state index is 0.0505. The molecule has 2 aromatic carbocycles. The predicted molar refractivity (Wildman–Crippen MR) is 118 cm³/mol. The van der Waals surface area contributed by atoms with E-state index in [1.807, 2.05) is 37.3 Å². The van der Waals surface area contributed by atoms with E-state index in [0.717, 1.165) is 34.7 Å². The van der Waals surface area contributed by atoms with Gasteiger partial charge >= 0.3 is 0 Å². The molecule has 0 aliphatic rings. The summed E-state index contributed by atoms with van der Waals surface area (Å²) in [5.41, 5.74) is 1.50. The highest BCUT2D eigenvalue weighted by molar-refractivity contribution is 7.22. The fourth-order valence-corrected chi connectivity index (χ4v) is 4.05. The molecule has 0 bridgehead atoms. The molecule has 0 fully saturated rings. The first-order valence-corrected chi connectivity index (χ1v) is 10.6. The fourth-order valence-electron chi connectivity index (χ4n) is 3.03. The summed E-state index contributed by atoms with van der Waals surface area (Å²) in [6, 6.07) is 13.1. The Hall–Kier alpha value is -2.64. The van der Waals surface area contributed by atoms with Gasteiger partial charge in [0.1, 0.15) is 11.5 Å². The molecule has 29 heavy (non-hydrogen) atoms. The molecule has 1 heterocycles. The Morgan fingerprint density at radius 3 is 2.52 bits per heavy atom. The van der Waals surface area contributed by atoms with E-state index < -0.39 is 0 Å². The number of thiazole rings is 1. The lowest BCUT2D eigenvalue weighted by Gasteiger charge is -2.20. The number of hydrogen-bond acceptors (Lipinski definition) is 5. The van der Waals surface area contributed by atoms with E-state index in [4.69, 9.17) is 14.5 Å². The van der Waals surface area contributed by atoms with Crippen molar-refractivity contribution < 1.29 is 19.2 Å². The summed E-state index contributed by atoms with van der Waals surface area (Å²) in [5.74, 6) is 1.50. The molecule has 154 valence electrons. The Kier molecular flexibility index (Phi) is 7.06. The van der Waals surface area contributed by atoms with Gasteiger partial charge in [-0.1, -0.05) is 11.3 Å². The van der Waals surface area contributed by atoms with Crippen LogP contribution in [0.3, 0.4) is 0 Å². The van der Waals surface area contributed by atoms with E-state index in [9.17, 15) is 4.79 Å². The van der Waals surface area contributed by atoms with Crippen LogP contribution in [0.1, 0.15) is 23.7 Å². The quantitative estimate of drug-likeness (QED) is 0.585. The van der Waals surface area contributed by atoms with Crippen LogP contribution >= 0.6 is 11.3 Å². The summed E-state index contributed by atoms with van der Waals surface area (Å²) >= 11 is 1.52. The lowest BCUT2D eigenvalue weighted by atomic mass is 10.2. The molecule has 0 spiro atoms. The van der Waals surface area contributed by atoms with E-state index in [1.54, 1.807) is 24.1 Å². The van der Waals surface area contributed by atoms with Crippen molar-refractivity contribution in [2.45, 2.75) is 13.3 Å². The van der Waals surface area contributed by atoms with Crippen molar-refractivity contribution in [2.75, 3.05) is 45.8 Å². The van der Waals surface area contributed by atoms with Crippen LogP contribution in [0.15, 0.2) is 42.5 Å². The van der Waals surface area contributed by atoms with Crippen molar-refractivity contribution in [2.24, 2.45) is 0 Å². The number of carbonyl (C=O) groups is 1. The third-order valence-electron chi connectivity index (χ3n) is 4.53. The number of carbonyl (C=O) groups excluding carboxylic acids is 1. The zero-order valence-electron chi connectivity index (χ0n) is 17.4. The zero-order chi connectivity index (χ0) is 20.8. The lowest BCUT2D eigenvalue weighted by molar-refractivity contribution is -0.858. The van der Waals surface area contributed by atoms with Crippen molar-refractivity contribution in [3.8, 4) is 11.5 Å². The third-order valence-corrected chi connectivity index (χ3v) is 5.57. The summed E-state index contributed by atoms with van der Waals surface area (Å²) in [6.45, 7) is 4.18. The molecule has 0 saturated heterocycles. The summed E-state index contributed by atoms with van der Waals surface area (Å²) in [6.07, 6.45) is 0.893. The zero-order valence-corrected chi connectivity index (χ0v) is 18.2. The highest BCUT2D eigenvalue weighted by Crippen LogP contribution is 2.32. The molecular weight excluding hydrogens is 386 g/mol. The second kappa shape index (κ2) is 9.71. The van der Waals surface area contributed by atoms with E-state index in [2.05, 4.69) is 14.1 Å². The minimum atomic E-state index is -0.0505. The van der Waals surface area contributed by atoms with Crippen LogP contribution in [0, 0.1) is 0 Å². The van der Waals surface area contributed by atoms with Gasteiger partial charge in [-0.15, -0.1) is 0 Å². The maximum Gasteiger partial charge on any atom is 0.260 e. The summed E-state index contributed by atoms with van der Waals surface area (Å²) in [5, 5.41) is 0.711.